The number of ether oxygens (including phenoxy) is 1. The molecule has 0 radical (unpaired) electrons. The van der Waals surface area contributed by atoms with Gasteiger partial charge in [0, 0.05) is 38.7 Å². The molecule has 0 unspecified atom stereocenters. The molecule has 0 fully saturated rings. The Kier molecular flexibility index (Phi) is 6.21. The molecule has 0 aliphatic rings. The van der Waals surface area contributed by atoms with Crippen molar-refractivity contribution >= 4 is 11.6 Å². The average Bonchev–Trinajstić information content (AvgIpc) is 2.93. The highest BCUT2D eigenvalue weighted by Crippen LogP contribution is 2.09. The van der Waals surface area contributed by atoms with E-state index in [9.17, 15) is 0 Å². The smallest absolute Gasteiger partial charge is 0.191 e. The minimum absolute atomic E-state index is 0.556. The maximum absolute atomic E-state index is 5.04. The Morgan fingerprint density at radius 3 is 2.95 bits per heavy atom. The summed E-state index contributed by atoms with van der Waals surface area (Å²) in [7, 11) is 1.71. The van der Waals surface area contributed by atoms with Crippen LogP contribution in [0.5, 0.6) is 0 Å². The molecule has 0 saturated carbocycles. The quantitative estimate of drug-likeness (QED) is 0.464. The van der Waals surface area contributed by atoms with Crippen LogP contribution in [-0.2, 0) is 11.3 Å². The molecule has 0 aromatic carbocycles. The van der Waals surface area contributed by atoms with Gasteiger partial charge in [0.15, 0.2) is 5.96 Å². The van der Waals surface area contributed by atoms with Crippen molar-refractivity contribution in [3.63, 3.8) is 0 Å². The van der Waals surface area contributed by atoms with Crippen LogP contribution in [0.2, 0.25) is 0 Å². The van der Waals surface area contributed by atoms with Crippen molar-refractivity contribution in [1.29, 1.82) is 0 Å². The van der Waals surface area contributed by atoms with E-state index in [1.807, 2.05) is 18.3 Å². The highest BCUT2D eigenvalue weighted by molar-refractivity contribution is 5.79. The number of hydrogen-bond acceptors (Lipinski definition) is 3. The SMILES string of the molecule is CCNC(=NCc1cn2c(C)cccc2n1)NCCCOC. The summed E-state index contributed by atoms with van der Waals surface area (Å²) < 4.78 is 7.13. The Morgan fingerprint density at radius 1 is 1.36 bits per heavy atom. The van der Waals surface area contributed by atoms with E-state index < -0.39 is 0 Å². The summed E-state index contributed by atoms with van der Waals surface area (Å²) in [5.74, 6) is 0.812. The third kappa shape index (κ3) is 4.46. The van der Waals surface area contributed by atoms with Gasteiger partial charge in [-0.2, -0.15) is 0 Å². The molecule has 2 rings (SSSR count). The number of aliphatic imine (C=N–C) groups is 1. The monoisotopic (exact) mass is 303 g/mol. The van der Waals surface area contributed by atoms with E-state index in [0.29, 0.717) is 6.54 Å². The molecule has 2 N–H and O–H groups in total. The zero-order valence-corrected chi connectivity index (χ0v) is 13.6. The summed E-state index contributed by atoms with van der Waals surface area (Å²) in [4.78, 5) is 9.18. The number of aromatic nitrogens is 2. The number of fused-ring (bicyclic) bond motifs is 1. The molecule has 0 bridgehead atoms. The lowest BCUT2D eigenvalue weighted by Crippen LogP contribution is -2.38. The van der Waals surface area contributed by atoms with Crippen LogP contribution in [0.1, 0.15) is 24.7 Å². The predicted molar refractivity (Wildman–Crippen MR) is 89.2 cm³/mol. The fourth-order valence-electron chi connectivity index (χ4n) is 2.20. The zero-order chi connectivity index (χ0) is 15.8. The van der Waals surface area contributed by atoms with Crippen LogP contribution >= 0.6 is 0 Å². The molecule has 0 saturated heterocycles. The van der Waals surface area contributed by atoms with Gasteiger partial charge in [-0.25, -0.2) is 9.98 Å². The third-order valence-electron chi connectivity index (χ3n) is 3.31. The number of hydrogen-bond donors (Lipinski definition) is 2. The zero-order valence-electron chi connectivity index (χ0n) is 13.6. The molecule has 120 valence electrons. The van der Waals surface area contributed by atoms with Crippen LogP contribution in [0.15, 0.2) is 29.4 Å². The molecule has 0 aliphatic carbocycles. The topological polar surface area (TPSA) is 63.0 Å². The second kappa shape index (κ2) is 8.38. The number of methoxy groups -OCH3 is 1. The molecule has 6 heteroatoms. The van der Waals surface area contributed by atoms with Crippen molar-refractivity contribution in [2.45, 2.75) is 26.8 Å². The number of nitrogens with one attached hydrogen (secondary N) is 2. The van der Waals surface area contributed by atoms with Gasteiger partial charge in [0.25, 0.3) is 0 Å². The van der Waals surface area contributed by atoms with Crippen molar-refractivity contribution in [3.8, 4) is 0 Å². The number of nitrogens with zero attached hydrogens (tertiary/aromatic N) is 3. The van der Waals surface area contributed by atoms with Crippen molar-refractivity contribution in [1.82, 2.24) is 20.0 Å². The molecule has 0 atom stereocenters. The number of guanidine groups is 1. The van der Waals surface area contributed by atoms with Crippen molar-refractivity contribution in [3.05, 3.63) is 35.8 Å². The van der Waals surface area contributed by atoms with Crippen LogP contribution in [0.3, 0.4) is 0 Å². The summed E-state index contributed by atoms with van der Waals surface area (Å²) in [6.45, 7) is 7.10. The number of pyridine rings is 1. The molecule has 22 heavy (non-hydrogen) atoms. The Balaban J connectivity index is 2.00. The Morgan fingerprint density at radius 2 is 2.23 bits per heavy atom. The van der Waals surface area contributed by atoms with Gasteiger partial charge in [0.1, 0.15) is 5.65 Å². The van der Waals surface area contributed by atoms with E-state index in [1.165, 1.54) is 5.69 Å². The fourth-order valence-corrected chi connectivity index (χ4v) is 2.20. The van der Waals surface area contributed by atoms with Gasteiger partial charge >= 0.3 is 0 Å². The fraction of sp³-hybridized carbons (Fsp3) is 0.500. The molecule has 2 aromatic rings. The van der Waals surface area contributed by atoms with E-state index in [2.05, 4.69) is 44.9 Å². The minimum Gasteiger partial charge on any atom is -0.385 e. The van der Waals surface area contributed by atoms with Gasteiger partial charge in [-0.1, -0.05) is 6.07 Å². The Bertz CT molecular complexity index is 620. The number of imidazole rings is 1. The molecule has 0 amide bonds. The molecule has 0 spiro atoms. The molecule has 2 aromatic heterocycles. The van der Waals surface area contributed by atoms with E-state index in [0.717, 1.165) is 43.4 Å². The van der Waals surface area contributed by atoms with E-state index in [1.54, 1.807) is 7.11 Å². The summed E-state index contributed by atoms with van der Waals surface area (Å²) in [6.07, 6.45) is 3.00. The summed E-state index contributed by atoms with van der Waals surface area (Å²) in [5, 5.41) is 6.53. The van der Waals surface area contributed by atoms with E-state index in [-0.39, 0.29) is 0 Å². The lowest BCUT2D eigenvalue weighted by molar-refractivity contribution is 0.195. The highest BCUT2D eigenvalue weighted by Gasteiger charge is 2.03. The largest absolute Gasteiger partial charge is 0.385 e. The molecule has 2 heterocycles. The minimum atomic E-state index is 0.556. The van der Waals surface area contributed by atoms with Gasteiger partial charge in [-0.3, -0.25) is 0 Å². The second-order valence-corrected chi connectivity index (χ2v) is 5.10. The third-order valence-corrected chi connectivity index (χ3v) is 3.31. The van der Waals surface area contributed by atoms with Gasteiger partial charge in [-0.05, 0) is 32.4 Å². The molecular weight excluding hydrogens is 278 g/mol. The molecule has 0 aliphatic heterocycles. The summed E-state index contributed by atoms with van der Waals surface area (Å²) >= 11 is 0. The van der Waals surface area contributed by atoms with E-state index in [4.69, 9.17) is 4.74 Å². The first kappa shape index (κ1) is 16.3. The van der Waals surface area contributed by atoms with Crippen LogP contribution in [-0.4, -0.2) is 42.2 Å². The number of rotatable bonds is 7. The predicted octanol–water partition coefficient (Wildman–Crippen LogP) is 1.73. The molecular formula is C16H25N5O. The maximum atomic E-state index is 5.04. The average molecular weight is 303 g/mol. The van der Waals surface area contributed by atoms with Gasteiger partial charge in [0.2, 0.25) is 0 Å². The van der Waals surface area contributed by atoms with Crippen molar-refractivity contribution in [2.24, 2.45) is 4.99 Å². The van der Waals surface area contributed by atoms with E-state index >= 15 is 0 Å². The Hall–Kier alpha value is -2.08. The highest BCUT2D eigenvalue weighted by atomic mass is 16.5. The second-order valence-electron chi connectivity index (χ2n) is 5.10. The van der Waals surface area contributed by atoms with Crippen LogP contribution in [0, 0.1) is 6.92 Å². The van der Waals surface area contributed by atoms with Crippen LogP contribution in [0.25, 0.3) is 5.65 Å². The lowest BCUT2D eigenvalue weighted by atomic mass is 10.4. The van der Waals surface area contributed by atoms with Gasteiger partial charge in [0.05, 0.1) is 12.2 Å². The first-order valence-corrected chi connectivity index (χ1v) is 7.69. The van der Waals surface area contributed by atoms with Crippen molar-refractivity contribution < 1.29 is 4.74 Å². The van der Waals surface area contributed by atoms with Crippen LogP contribution in [0.4, 0.5) is 0 Å². The summed E-state index contributed by atoms with van der Waals surface area (Å²) in [5.41, 5.74) is 3.09. The molecule has 6 nitrogen and oxygen atoms in total. The van der Waals surface area contributed by atoms with Gasteiger partial charge < -0.3 is 19.8 Å². The number of aryl methyl sites for hydroxylation is 1. The summed E-state index contributed by atoms with van der Waals surface area (Å²) in [6, 6.07) is 6.10. The Labute approximate surface area is 131 Å². The first-order chi connectivity index (χ1) is 10.7. The first-order valence-electron chi connectivity index (χ1n) is 7.69. The van der Waals surface area contributed by atoms with Crippen molar-refractivity contribution in [2.75, 3.05) is 26.8 Å². The standard InChI is InChI=1S/C16H25N5O/c1-4-17-16(18-9-6-10-22-3)19-11-14-12-21-13(2)7-5-8-15(21)20-14/h5,7-8,12H,4,6,9-11H2,1-3H3,(H2,17,18,19). The normalized spacial score (nSPS) is 11.9. The van der Waals surface area contributed by atoms with Crippen LogP contribution < -0.4 is 10.6 Å². The van der Waals surface area contributed by atoms with Gasteiger partial charge in [-0.15, -0.1) is 0 Å². The maximum Gasteiger partial charge on any atom is 0.191 e. The lowest BCUT2D eigenvalue weighted by Gasteiger charge is -2.10.